The van der Waals surface area contributed by atoms with Crippen LogP contribution in [0.1, 0.15) is 29.9 Å². The molecule has 3 aromatic heterocycles. The topological polar surface area (TPSA) is 56.7 Å². The average molecular weight is 371 g/mol. The molecule has 0 aliphatic carbocycles. The maximum Gasteiger partial charge on any atom is 0.192 e. The van der Waals surface area contributed by atoms with Gasteiger partial charge in [0.05, 0.1) is 27.3 Å². The lowest BCUT2D eigenvalue weighted by Gasteiger charge is -2.10. The van der Waals surface area contributed by atoms with Crippen LogP contribution in [-0.4, -0.2) is 19.7 Å². The van der Waals surface area contributed by atoms with E-state index in [0.29, 0.717) is 0 Å². The molecular formula is C18H18N4OS2. The zero-order valence-corrected chi connectivity index (χ0v) is 15.9. The van der Waals surface area contributed by atoms with Gasteiger partial charge in [0.2, 0.25) is 0 Å². The van der Waals surface area contributed by atoms with Crippen LogP contribution < -0.4 is 0 Å². The van der Waals surface area contributed by atoms with Gasteiger partial charge in [-0.1, -0.05) is 23.9 Å². The Kier molecular flexibility index (Phi) is 4.35. The zero-order chi connectivity index (χ0) is 17.4. The molecule has 7 heteroatoms. The van der Waals surface area contributed by atoms with Crippen molar-refractivity contribution < 1.29 is 4.42 Å². The molecule has 1 atom stereocenters. The number of hydrogen-bond acceptors (Lipinski definition) is 6. The normalized spacial score (nSPS) is 12.8. The Morgan fingerprint density at radius 1 is 1.24 bits per heavy atom. The maximum atomic E-state index is 5.42. The van der Waals surface area contributed by atoms with Gasteiger partial charge in [-0.05, 0) is 39.0 Å². The highest BCUT2D eigenvalue weighted by molar-refractivity contribution is 7.99. The molecule has 4 rings (SSSR count). The van der Waals surface area contributed by atoms with E-state index < -0.39 is 0 Å². The number of nitrogens with zero attached hydrogens (tertiary/aromatic N) is 4. The summed E-state index contributed by atoms with van der Waals surface area (Å²) in [6, 6.07) is 10.2. The van der Waals surface area contributed by atoms with Crippen LogP contribution in [0.3, 0.4) is 0 Å². The van der Waals surface area contributed by atoms with E-state index in [1.807, 2.05) is 19.1 Å². The first-order valence-corrected chi connectivity index (χ1v) is 9.86. The van der Waals surface area contributed by atoms with E-state index in [9.17, 15) is 0 Å². The average Bonchev–Trinajstić information content (AvgIpc) is 3.31. The predicted molar refractivity (Wildman–Crippen MR) is 102 cm³/mol. The lowest BCUT2D eigenvalue weighted by atomic mass is 10.2. The Labute approximate surface area is 154 Å². The molecule has 0 amide bonds. The van der Waals surface area contributed by atoms with Crippen LogP contribution >= 0.6 is 23.1 Å². The molecule has 0 aliphatic heterocycles. The van der Waals surface area contributed by atoms with E-state index in [0.717, 1.165) is 39.4 Å². The largest absolute Gasteiger partial charge is 0.469 e. The summed E-state index contributed by atoms with van der Waals surface area (Å²) in [5.41, 5.74) is 2.05. The number of para-hydroxylation sites is 1. The third kappa shape index (κ3) is 2.98. The standard InChI is InChI=1S/C18H18N4OS2/c1-4-22-16(13-9-10-23-11(13)2)20-21-18(22)24-12(3)17-19-14-7-5-6-8-15(14)25-17/h5-10,12H,4H2,1-3H3/t12-/m0/s1. The minimum atomic E-state index is 0.213. The van der Waals surface area contributed by atoms with Crippen LogP contribution in [-0.2, 0) is 6.54 Å². The van der Waals surface area contributed by atoms with Gasteiger partial charge in [-0.15, -0.1) is 21.5 Å². The summed E-state index contributed by atoms with van der Waals surface area (Å²) in [6.07, 6.45) is 1.69. The Morgan fingerprint density at radius 3 is 2.80 bits per heavy atom. The molecule has 5 nitrogen and oxygen atoms in total. The van der Waals surface area contributed by atoms with Crippen molar-refractivity contribution in [1.29, 1.82) is 0 Å². The van der Waals surface area contributed by atoms with Gasteiger partial charge in [0.15, 0.2) is 11.0 Å². The highest BCUT2D eigenvalue weighted by Crippen LogP contribution is 2.38. The highest BCUT2D eigenvalue weighted by atomic mass is 32.2. The lowest BCUT2D eigenvalue weighted by molar-refractivity contribution is 0.534. The van der Waals surface area contributed by atoms with Crippen molar-refractivity contribution in [1.82, 2.24) is 19.7 Å². The number of thioether (sulfide) groups is 1. The Bertz CT molecular complexity index is 984. The van der Waals surface area contributed by atoms with Crippen molar-refractivity contribution in [3.63, 3.8) is 0 Å². The zero-order valence-electron chi connectivity index (χ0n) is 14.3. The van der Waals surface area contributed by atoms with Crippen molar-refractivity contribution in [3.8, 4) is 11.4 Å². The molecule has 0 saturated heterocycles. The number of hydrogen-bond donors (Lipinski definition) is 0. The molecule has 3 heterocycles. The second-order valence-electron chi connectivity index (χ2n) is 5.72. The molecule has 4 aromatic rings. The third-order valence-electron chi connectivity index (χ3n) is 4.07. The predicted octanol–water partition coefficient (Wildman–Crippen LogP) is 5.33. The Balaban J connectivity index is 1.64. The van der Waals surface area contributed by atoms with Crippen LogP contribution in [0.25, 0.3) is 21.6 Å². The van der Waals surface area contributed by atoms with Gasteiger partial charge in [-0.2, -0.15) is 0 Å². The second-order valence-corrected chi connectivity index (χ2v) is 8.09. The maximum absolute atomic E-state index is 5.42. The first-order valence-electron chi connectivity index (χ1n) is 8.17. The van der Waals surface area contributed by atoms with Crippen LogP contribution in [0.15, 0.2) is 46.2 Å². The lowest BCUT2D eigenvalue weighted by Crippen LogP contribution is -2.01. The van der Waals surface area contributed by atoms with Gasteiger partial charge in [0.1, 0.15) is 10.8 Å². The Hall–Kier alpha value is -2.12. The van der Waals surface area contributed by atoms with E-state index in [-0.39, 0.29) is 5.25 Å². The van der Waals surface area contributed by atoms with E-state index >= 15 is 0 Å². The number of thiazole rings is 1. The van der Waals surface area contributed by atoms with Gasteiger partial charge < -0.3 is 8.98 Å². The minimum absolute atomic E-state index is 0.213. The fourth-order valence-electron chi connectivity index (χ4n) is 2.75. The molecule has 0 radical (unpaired) electrons. The number of rotatable bonds is 5. The molecule has 0 bridgehead atoms. The fraction of sp³-hybridized carbons (Fsp3) is 0.278. The van der Waals surface area contributed by atoms with Crippen molar-refractivity contribution in [2.45, 2.75) is 37.7 Å². The number of fused-ring (bicyclic) bond motifs is 1. The summed E-state index contributed by atoms with van der Waals surface area (Å²) in [5.74, 6) is 1.71. The summed E-state index contributed by atoms with van der Waals surface area (Å²) in [7, 11) is 0. The van der Waals surface area contributed by atoms with Gasteiger partial charge in [-0.3, -0.25) is 0 Å². The van der Waals surface area contributed by atoms with Crippen LogP contribution in [0.4, 0.5) is 0 Å². The minimum Gasteiger partial charge on any atom is -0.469 e. The molecule has 1 aromatic carbocycles. The summed E-state index contributed by atoms with van der Waals surface area (Å²) < 4.78 is 8.77. The van der Waals surface area contributed by atoms with E-state index in [4.69, 9.17) is 9.40 Å². The molecule has 0 unspecified atom stereocenters. The highest BCUT2D eigenvalue weighted by Gasteiger charge is 2.20. The number of aryl methyl sites for hydroxylation is 1. The molecule has 0 fully saturated rings. The van der Waals surface area contributed by atoms with Crippen LogP contribution in [0, 0.1) is 6.92 Å². The number of furan rings is 1. The Morgan fingerprint density at radius 2 is 2.08 bits per heavy atom. The fourth-order valence-corrected chi connectivity index (χ4v) is 4.84. The van der Waals surface area contributed by atoms with Gasteiger partial charge >= 0.3 is 0 Å². The van der Waals surface area contributed by atoms with Crippen molar-refractivity contribution >= 4 is 33.3 Å². The van der Waals surface area contributed by atoms with Gasteiger partial charge in [-0.25, -0.2) is 4.98 Å². The quantitative estimate of drug-likeness (QED) is 0.444. The van der Waals surface area contributed by atoms with E-state index in [1.54, 1.807) is 29.4 Å². The first kappa shape index (κ1) is 16.4. The molecule has 0 spiro atoms. The summed E-state index contributed by atoms with van der Waals surface area (Å²) in [6.45, 7) is 7.02. The van der Waals surface area contributed by atoms with Crippen molar-refractivity contribution in [2.75, 3.05) is 0 Å². The number of aromatic nitrogens is 4. The summed E-state index contributed by atoms with van der Waals surface area (Å²) in [4.78, 5) is 4.76. The van der Waals surface area contributed by atoms with Gasteiger partial charge in [0, 0.05) is 6.54 Å². The molecule has 0 aliphatic rings. The first-order chi connectivity index (χ1) is 12.2. The van der Waals surface area contributed by atoms with Crippen LogP contribution in [0.5, 0.6) is 0 Å². The summed E-state index contributed by atoms with van der Waals surface area (Å²) in [5, 5.41) is 11.0. The van der Waals surface area contributed by atoms with Crippen molar-refractivity contribution in [2.24, 2.45) is 0 Å². The second kappa shape index (κ2) is 6.65. The third-order valence-corrected chi connectivity index (χ3v) is 6.53. The molecule has 0 N–H and O–H groups in total. The van der Waals surface area contributed by atoms with Gasteiger partial charge in [0.25, 0.3) is 0 Å². The molecular weight excluding hydrogens is 352 g/mol. The molecule has 25 heavy (non-hydrogen) atoms. The molecule has 0 saturated carbocycles. The summed E-state index contributed by atoms with van der Waals surface area (Å²) >= 11 is 3.43. The van der Waals surface area contributed by atoms with E-state index in [2.05, 4.69) is 46.8 Å². The van der Waals surface area contributed by atoms with E-state index in [1.165, 1.54) is 4.70 Å². The van der Waals surface area contributed by atoms with Crippen LogP contribution in [0.2, 0.25) is 0 Å². The SMILES string of the molecule is CCn1c(S[C@@H](C)c2nc3ccccc3s2)nnc1-c1ccoc1C. The number of benzene rings is 1. The smallest absolute Gasteiger partial charge is 0.192 e. The molecule has 128 valence electrons. The monoisotopic (exact) mass is 370 g/mol. The van der Waals surface area contributed by atoms with Crippen molar-refractivity contribution in [3.05, 3.63) is 47.4 Å².